The normalized spacial score (nSPS) is 12.5. The van der Waals surface area contributed by atoms with Crippen LogP contribution in [0.1, 0.15) is 27.2 Å². The molecule has 1 fully saturated rings. The lowest BCUT2D eigenvalue weighted by molar-refractivity contribution is 0.0303. The maximum absolute atomic E-state index is 12.5. The van der Waals surface area contributed by atoms with Crippen LogP contribution in [0.2, 0.25) is 0 Å². The van der Waals surface area contributed by atoms with Gasteiger partial charge in [-0.15, -0.1) is 13.2 Å². The third kappa shape index (κ3) is 6.37. The fourth-order valence-corrected chi connectivity index (χ4v) is 3.22. The molecule has 1 aliphatic rings. The van der Waals surface area contributed by atoms with Crippen molar-refractivity contribution >= 4 is 11.6 Å². The molecule has 0 saturated carbocycles. The van der Waals surface area contributed by atoms with E-state index in [-0.39, 0.29) is 24.0 Å². The standard InChI is InChI=1S/C25H22N2O5.C2H4/c28-22-11-14-32-23(24(22)29)17-26-21-9-5-19(6-10-21)2-1-18-3-7-20(8-4-18)25(30)27-12-15-31-16-13-27;1-2/h3-11,14,26,29H,12-13,15-17H2;1-2H2. The molecule has 1 aromatic heterocycles. The number of hydrogen-bond donors (Lipinski definition) is 2. The summed E-state index contributed by atoms with van der Waals surface area (Å²) in [6.45, 7) is 8.57. The van der Waals surface area contributed by atoms with Gasteiger partial charge in [0.1, 0.15) is 0 Å². The second-order valence-electron chi connectivity index (χ2n) is 7.22. The molecule has 1 saturated heterocycles. The van der Waals surface area contributed by atoms with Gasteiger partial charge in [-0.3, -0.25) is 9.59 Å². The highest BCUT2D eigenvalue weighted by atomic mass is 16.5. The predicted molar refractivity (Wildman–Crippen MR) is 131 cm³/mol. The highest BCUT2D eigenvalue weighted by Gasteiger charge is 2.18. The zero-order valence-electron chi connectivity index (χ0n) is 18.8. The Kier molecular flexibility index (Phi) is 8.67. The van der Waals surface area contributed by atoms with Crippen LogP contribution in [0.4, 0.5) is 5.69 Å². The average molecular weight is 459 g/mol. The summed E-state index contributed by atoms with van der Waals surface area (Å²) in [5.74, 6) is 6.00. The quantitative estimate of drug-likeness (QED) is 0.458. The van der Waals surface area contributed by atoms with Crippen LogP contribution in [0.25, 0.3) is 0 Å². The van der Waals surface area contributed by atoms with Crippen molar-refractivity contribution in [3.63, 3.8) is 0 Å². The molecule has 0 aliphatic carbocycles. The van der Waals surface area contributed by atoms with Gasteiger partial charge in [-0.05, 0) is 48.5 Å². The van der Waals surface area contributed by atoms with Crippen molar-refractivity contribution in [1.82, 2.24) is 4.90 Å². The molecule has 0 radical (unpaired) electrons. The first kappa shape index (κ1) is 24.4. The molecule has 3 aromatic rings. The third-order valence-corrected chi connectivity index (χ3v) is 5.05. The van der Waals surface area contributed by atoms with Gasteiger partial charge in [-0.2, -0.15) is 0 Å². The summed E-state index contributed by atoms with van der Waals surface area (Å²) in [4.78, 5) is 25.7. The number of anilines is 1. The molecular weight excluding hydrogens is 432 g/mol. The van der Waals surface area contributed by atoms with Gasteiger partial charge < -0.3 is 24.5 Å². The Morgan fingerprint density at radius 2 is 1.56 bits per heavy atom. The van der Waals surface area contributed by atoms with E-state index in [9.17, 15) is 14.7 Å². The van der Waals surface area contributed by atoms with Gasteiger partial charge in [0.05, 0.1) is 26.0 Å². The van der Waals surface area contributed by atoms with E-state index in [2.05, 4.69) is 30.3 Å². The molecule has 2 N–H and O–H groups in total. The van der Waals surface area contributed by atoms with Crippen LogP contribution >= 0.6 is 0 Å². The number of aromatic hydroxyl groups is 1. The second kappa shape index (κ2) is 12.1. The van der Waals surface area contributed by atoms with Gasteiger partial charge in [-0.25, -0.2) is 0 Å². The highest BCUT2D eigenvalue weighted by Crippen LogP contribution is 2.15. The molecule has 0 unspecified atom stereocenters. The lowest BCUT2D eigenvalue weighted by Crippen LogP contribution is -2.40. The lowest BCUT2D eigenvalue weighted by atomic mass is 10.1. The number of rotatable bonds is 4. The topological polar surface area (TPSA) is 92.0 Å². The highest BCUT2D eigenvalue weighted by molar-refractivity contribution is 5.94. The maximum atomic E-state index is 12.5. The molecule has 34 heavy (non-hydrogen) atoms. The Labute approximate surface area is 198 Å². The first-order valence-corrected chi connectivity index (χ1v) is 10.7. The maximum Gasteiger partial charge on any atom is 0.254 e. The minimum atomic E-state index is -0.475. The van der Waals surface area contributed by atoms with Crippen molar-refractivity contribution in [3.05, 3.63) is 107 Å². The van der Waals surface area contributed by atoms with Crippen LogP contribution in [0.3, 0.4) is 0 Å². The molecule has 2 aromatic carbocycles. The zero-order valence-corrected chi connectivity index (χ0v) is 18.8. The Hall–Kier alpha value is -4.28. The van der Waals surface area contributed by atoms with Crippen molar-refractivity contribution in [2.75, 3.05) is 31.6 Å². The van der Waals surface area contributed by atoms with Crippen LogP contribution in [0.15, 0.2) is 83.2 Å². The van der Waals surface area contributed by atoms with Crippen molar-refractivity contribution in [1.29, 1.82) is 0 Å². The fraction of sp³-hybridized carbons (Fsp3) is 0.185. The molecule has 1 aliphatic heterocycles. The number of amides is 1. The second-order valence-corrected chi connectivity index (χ2v) is 7.22. The summed E-state index contributed by atoms with van der Waals surface area (Å²) < 4.78 is 10.5. The van der Waals surface area contributed by atoms with Crippen LogP contribution in [0, 0.1) is 11.8 Å². The Balaban J connectivity index is 0.00000158. The van der Waals surface area contributed by atoms with E-state index in [0.717, 1.165) is 16.8 Å². The van der Waals surface area contributed by atoms with Gasteiger partial charge in [0.2, 0.25) is 11.2 Å². The van der Waals surface area contributed by atoms with Gasteiger partial charge >= 0.3 is 0 Å². The molecule has 0 spiro atoms. The van der Waals surface area contributed by atoms with Crippen molar-refractivity contribution in [2.24, 2.45) is 0 Å². The Morgan fingerprint density at radius 3 is 2.18 bits per heavy atom. The molecule has 0 bridgehead atoms. The number of ether oxygens (including phenoxy) is 1. The van der Waals surface area contributed by atoms with Gasteiger partial charge in [0.25, 0.3) is 5.91 Å². The summed E-state index contributed by atoms with van der Waals surface area (Å²) in [5.41, 5.74) is 2.62. The lowest BCUT2D eigenvalue weighted by Gasteiger charge is -2.26. The molecule has 174 valence electrons. The SMILES string of the molecule is C=C.O=C(c1ccc(C#Cc2ccc(NCc3occc(=O)c3O)cc2)cc1)N1CCOCC1. The molecule has 4 rings (SSSR count). The zero-order chi connectivity index (χ0) is 24.3. The smallest absolute Gasteiger partial charge is 0.254 e. The monoisotopic (exact) mass is 458 g/mol. The molecule has 0 atom stereocenters. The minimum Gasteiger partial charge on any atom is -0.502 e. The summed E-state index contributed by atoms with van der Waals surface area (Å²) >= 11 is 0. The third-order valence-electron chi connectivity index (χ3n) is 5.05. The van der Waals surface area contributed by atoms with E-state index in [0.29, 0.717) is 31.9 Å². The van der Waals surface area contributed by atoms with E-state index < -0.39 is 5.43 Å². The fourth-order valence-electron chi connectivity index (χ4n) is 3.22. The molecule has 7 heteroatoms. The Bertz CT molecular complexity index is 1210. The van der Waals surface area contributed by atoms with Crippen LogP contribution in [0.5, 0.6) is 5.75 Å². The van der Waals surface area contributed by atoms with E-state index in [1.165, 1.54) is 12.3 Å². The largest absolute Gasteiger partial charge is 0.502 e. The van der Waals surface area contributed by atoms with Gasteiger partial charge in [-0.1, -0.05) is 11.8 Å². The number of benzene rings is 2. The van der Waals surface area contributed by atoms with E-state index >= 15 is 0 Å². The molecule has 1 amide bonds. The summed E-state index contributed by atoms with van der Waals surface area (Å²) in [6.07, 6.45) is 1.25. The number of nitrogens with zero attached hydrogens (tertiary/aromatic N) is 1. The number of morpholine rings is 1. The van der Waals surface area contributed by atoms with Gasteiger partial charge in [0, 0.05) is 41.5 Å². The Morgan fingerprint density at radius 1 is 0.971 bits per heavy atom. The van der Waals surface area contributed by atoms with Crippen molar-refractivity contribution in [3.8, 4) is 17.6 Å². The minimum absolute atomic E-state index is 0.0130. The van der Waals surface area contributed by atoms with Crippen molar-refractivity contribution < 1.29 is 19.1 Å². The van der Waals surface area contributed by atoms with E-state index in [1.54, 1.807) is 17.0 Å². The predicted octanol–water partition coefficient (Wildman–Crippen LogP) is 3.63. The summed E-state index contributed by atoms with van der Waals surface area (Å²) in [6, 6.07) is 15.9. The van der Waals surface area contributed by atoms with E-state index in [4.69, 9.17) is 9.15 Å². The van der Waals surface area contributed by atoms with Crippen molar-refractivity contribution in [2.45, 2.75) is 6.54 Å². The number of nitrogens with one attached hydrogen (secondary N) is 1. The summed E-state index contributed by atoms with van der Waals surface area (Å²) in [7, 11) is 0. The number of hydrogen-bond acceptors (Lipinski definition) is 6. The first-order valence-electron chi connectivity index (χ1n) is 10.7. The average Bonchev–Trinajstić information content (AvgIpc) is 2.90. The molecular formula is C27H26N2O5. The van der Waals surface area contributed by atoms with Crippen LogP contribution in [-0.2, 0) is 11.3 Å². The number of carbonyl (C=O) groups is 1. The number of carbonyl (C=O) groups excluding carboxylic acids is 1. The first-order chi connectivity index (χ1) is 16.6. The van der Waals surface area contributed by atoms with E-state index in [1.807, 2.05) is 36.4 Å². The molecule has 2 heterocycles. The van der Waals surface area contributed by atoms with Crippen LogP contribution in [-0.4, -0.2) is 42.2 Å². The summed E-state index contributed by atoms with van der Waals surface area (Å²) in [5, 5.41) is 12.8. The van der Waals surface area contributed by atoms with Crippen LogP contribution < -0.4 is 10.7 Å². The van der Waals surface area contributed by atoms with Gasteiger partial charge in [0.15, 0.2) is 5.76 Å². The molecule has 7 nitrogen and oxygen atoms in total.